The monoisotopic (exact) mass is 254 g/mol. The topological polar surface area (TPSA) is 64.5 Å². The number of imidazole rings is 1. The SMILES string of the molecule is CCC(NC(C)c1cccc(C#N)c1)c1ncc[nH]1. The molecule has 98 valence electrons. The van der Waals surface area contributed by atoms with Gasteiger partial charge in [-0.15, -0.1) is 0 Å². The van der Waals surface area contributed by atoms with E-state index in [1.807, 2.05) is 30.5 Å². The fourth-order valence-electron chi connectivity index (χ4n) is 2.13. The van der Waals surface area contributed by atoms with E-state index in [1.54, 1.807) is 6.20 Å². The highest BCUT2D eigenvalue weighted by atomic mass is 15.0. The van der Waals surface area contributed by atoms with Gasteiger partial charge in [-0.2, -0.15) is 5.26 Å². The molecule has 1 aromatic carbocycles. The first-order chi connectivity index (χ1) is 9.24. The molecule has 0 amide bonds. The molecule has 1 aromatic heterocycles. The van der Waals surface area contributed by atoms with Crippen LogP contribution >= 0.6 is 0 Å². The predicted octanol–water partition coefficient (Wildman–Crippen LogP) is 3.08. The Kier molecular flexibility index (Phi) is 4.32. The van der Waals surface area contributed by atoms with E-state index >= 15 is 0 Å². The summed E-state index contributed by atoms with van der Waals surface area (Å²) in [7, 11) is 0. The van der Waals surface area contributed by atoms with Crippen LogP contribution in [0, 0.1) is 11.3 Å². The van der Waals surface area contributed by atoms with Crippen LogP contribution in [0.4, 0.5) is 0 Å². The molecule has 0 bridgehead atoms. The Hall–Kier alpha value is -2.12. The maximum atomic E-state index is 8.94. The molecule has 0 aliphatic heterocycles. The Morgan fingerprint density at radius 3 is 2.95 bits per heavy atom. The molecule has 0 radical (unpaired) electrons. The smallest absolute Gasteiger partial charge is 0.123 e. The number of hydrogen-bond donors (Lipinski definition) is 2. The van der Waals surface area contributed by atoms with Gasteiger partial charge in [0.2, 0.25) is 0 Å². The van der Waals surface area contributed by atoms with Gasteiger partial charge in [0, 0.05) is 18.4 Å². The quantitative estimate of drug-likeness (QED) is 0.861. The maximum absolute atomic E-state index is 8.94. The highest BCUT2D eigenvalue weighted by Gasteiger charge is 2.15. The summed E-state index contributed by atoms with van der Waals surface area (Å²) in [5.41, 5.74) is 1.81. The lowest BCUT2D eigenvalue weighted by Crippen LogP contribution is -2.25. The number of benzene rings is 1. The Bertz CT molecular complexity index is 554. The zero-order valence-electron chi connectivity index (χ0n) is 11.2. The van der Waals surface area contributed by atoms with E-state index in [4.69, 9.17) is 5.26 Å². The summed E-state index contributed by atoms with van der Waals surface area (Å²) in [4.78, 5) is 7.44. The van der Waals surface area contributed by atoms with Crippen LogP contribution in [0.2, 0.25) is 0 Å². The van der Waals surface area contributed by atoms with Crippen LogP contribution < -0.4 is 5.32 Å². The second kappa shape index (κ2) is 6.17. The van der Waals surface area contributed by atoms with Gasteiger partial charge in [0.05, 0.1) is 17.7 Å². The molecule has 0 fully saturated rings. The standard InChI is InChI=1S/C15H18N4/c1-3-14(15-17-7-8-18-15)19-11(2)13-6-4-5-12(9-13)10-16/h4-9,11,14,19H,3H2,1-2H3,(H,17,18). The summed E-state index contributed by atoms with van der Waals surface area (Å²) < 4.78 is 0. The van der Waals surface area contributed by atoms with Crippen molar-refractivity contribution >= 4 is 0 Å². The molecule has 2 unspecified atom stereocenters. The van der Waals surface area contributed by atoms with E-state index in [-0.39, 0.29) is 12.1 Å². The number of nitrogens with one attached hydrogen (secondary N) is 2. The highest BCUT2D eigenvalue weighted by molar-refractivity contribution is 5.34. The number of nitriles is 1. The number of hydrogen-bond acceptors (Lipinski definition) is 3. The van der Waals surface area contributed by atoms with Crippen molar-refractivity contribution in [2.45, 2.75) is 32.4 Å². The maximum Gasteiger partial charge on any atom is 0.123 e. The number of aromatic nitrogens is 2. The number of nitrogens with zero attached hydrogens (tertiary/aromatic N) is 2. The first-order valence-electron chi connectivity index (χ1n) is 6.50. The minimum absolute atomic E-state index is 0.170. The number of aromatic amines is 1. The fraction of sp³-hybridized carbons (Fsp3) is 0.333. The zero-order valence-corrected chi connectivity index (χ0v) is 11.2. The molecule has 0 saturated heterocycles. The van der Waals surface area contributed by atoms with Gasteiger partial charge in [0.15, 0.2) is 0 Å². The van der Waals surface area contributed by atoms with Crippen LogP contribution in [-0.4, -0.2) is 9.97 Å². The lowest BCUT2D eigenvalue weighted by atomic mass is 10.0. The summed E-state index contributed by atoms with van der Waals surface area (Å²) in [5, 5.41) is 12.5. The molecule has 2 atom stereocenters. The molecule has 0 saturated carbocycles. The minimum Gasteiger partial charge on any atom is -0.347 e. The first-order valence-corrected chi connectivity index (χ1v) is 6.50. The molecule has 4 heteroatoms. The van der Waals surface area contributed by atoms with E-state index in [0.717, 1.165) is 17.8 Å². The summed E-state index contributed by atoms with van der Waals surface area (Å²) in [6.07, 6.45) is 4.55. The second-order valence-corrected chi connectivity index (χ2v) is 4.56. The lowest BCUT2D eigenvalue weighted by Gasteiger charge is -2.21. The van der Waals surface area contributed by atoms with Crippen molar-refractivity contribution in [1.82, 2.24) is 15.3 Å². The van der Waals surface area contributed by atoms with Crippen LogP contribution in [0.25, 0.3) is 0 Å². The Labute approximate surface area is 113 Å². The van der Waals surface area contributed by atoms with Crippen molar-refractivity contribution in [2.75, 3.05) is 0 Å². The summed E-state index contributed by atoms with van der Waals surface area (Å²) in [5.74, 6) is 0.950. The Morgan fingerprint density at radius 2 is 2.32 bits per heavy atom. The third-order valence-electron chi connectivity index (χ3n) is 3.22. The molecule has 19 heavy (non-hydrogen) atoms. The molecule has 0 aliphatic rings. The molecule has 4 nitrogen and oxygen atoms in total. The first kappa shape index (κ1) is 13.3. The van der Waals surface area contributed by atoms with Crippen molar-refractivity contribution in [3.05, 3.63) is 53.6 Å². The molecule has 0 spiro atoms. The van der Waals surface area contributed by atoms with Crippen LogP contribution in [0.3, 0.4) is 0 Å². The van der Waals surface area contributed by atoms with Crippen LogP contribution in [0.5, 0.6) is 0 Å². The molecule has 2 N–H and O–H groups in total. The average Bonchev–Trinajstić information content (AvgIpc) is 2.98. The van der Waals surface area contributed by atoms with Crippen molar-refractivity contribution in [2.24, 2.45) is 0 Å². The van der Waals surface area contributed by atoms with Gasteiger partial charge in [-0.3, -0.25) is 0 Å². The second-order valence-electron chi connectivity index (χ2n) is 4.56. The predicted molar refractivity (Wildman–Crippen MR) is 74.3 cm³/mol. The summed E-state index contributed by atoms with van der Waals surface area (Å²) >= 11 is 0. The van der Waals surface area contributed by atoms with E-state index in [1.165, 1.54) is 0 Å². The van der Waals surface area contributed by atoms with Gasteiger partial charge < -0.3 is 10.3 Å². The highest BCUT2D eigenvalue weighted by Crippen LogP contribution is 2.20. The van der Waals surface area contributed by atoms with Crippen LogP contribution in [0.1, 0.15) is 49.3 Å². The van der Waals surface area contributed by atoms with E-state index < -0.39 is 0 Å². The Morgan fingerprint density at radius 1 is 1.47 bits per heavy atom. The third kappa shape index (κ3) is 3.21. The average molecular weight is 254 g/mol. The normalized spacial score (nSPS) is 13.7. The lowest BCUT2D eigenvalue weighted by molar-refractivity contribution is 0.441. The van der Waals surface area contributed by atoms with Gasteiger partial charge in [-0.1, -0.05) is 19.1 Å². The van der Waals surface area contributed by atoms with Gasteiger partial charge in [0.1, 0.15) is 5.82 Å². The van der Waals surface area contributed by atoms with Crippen molar-refractivity contribution in [1.29, 1.82) is 5.26 Å². The molecule has 1 heterocycles. The largest absolute Gasteiger partial charge is 0.347 e. The van der Waals surface area contributed by atoms with Gasteiger partial charge in [0.25, 0.3) is 0 Å². The number of H-pyrrole nitrogens is 1. The molecular formula is C15H18N4. The van der Waals surface area contributed by atoms with Crippen LogP contribution in [0.15, 0.2) is 36.7 Å². The van der Waals surface area contributed by atoms with Gasteiger partial charge in [-0.25, -0.2) is 4.98 Å². The van der Waals surface area contributed by atoms with Crippen LogP contribution in [-0.2, 0) is 0 Å². The molecule has 0 aliphatic carbocycles. The van der Waals surface area contributed by atoms with Gasteiger partial charge >= 0.3 is 0 Å². The summed E-state index contributed by atoms with van der Waals surface area (Å²) in [6, 6.07) is 10.2. The van der Waals surface area contributed by atoms with Crippen molar-refractivity contribution < 1.29 is 0 Å². The third-order valence-corrected chi connectivity index (χ3v) is 3.22. The fourth-order valence-corrected chi connectivity index (χ4v) is 2.13. The summed E-state index contributed by atoms with van der Waals surface area (Å²) in [6.45, 7) is 4.22. The van der Waals surface area contributed by atoms with Crippen molar-refractivity contribution in [3.8, 4) is 6.07 Å². The van der Waals surface area contributed by atoms with E-state index in [2.05, 4.69) is 35.2 Å². The zero-order chi connectivity index (χ0) is 13.7. The molecule has 2 aromatic rings. The van der Waals surface area contributed by atoms with E-state index in [0.29, 0.717) is 5.56 Å². The molecule has 2 rings (SSSR count). The number of rotatable bonds is 5. The van der Waals surface area contributed by atoms with E-state index in [9.17, 15) is 0 Å². The molecular weight excluding hydrogens is 236 g/mol. The van der Waals surface area contributed by atoms with Gasteiger partial charge in [-0.05, 0) is 31.0 Å². The van der Waals surface area contributed by atoms with Crippen molar-refractivity contribution in [3.63, 3.8) is 0 Å². The minimum atomic E-state index is 0.170. The Balaban J connectivity index is 2.11.